The summed E-state index contributed by atoms with van der Waals surface area (Å²) in [6, 6.07) is 12.7. The molecule has 3 aromatic rings. The maximum atomic E-state index is 11.2. The molecule has 0 spiro atoms. The van der Waals surface area contributed by atoms with Gasteiger partial charge in [0, 0.05) is 41.5 Å². The van der Waals surface area contributed by atoms with Crippen molar-refractivity contribution in [2.45, 2.75) is 19.6 Å². The largest absolute Gasteiger partial charge is 0.489 e. The van der Waals surface area contributed by atoms with Gasteiger partial charge in [0.2, 0.25) is 0 Å². The van der Waals surface area contributed by atoms with Gasteiger partial charge in [-0.15, -0.1) is 0 Å². The second-order valence-electron chi connectivity index (χ2n) is 5.64. The quantitative estimate of drug-likeness (QED) is 0.671. The lowest BCUT2D eigenvalue weighted by molar-refractivity contribution is -0.136. The van der Waals surface area contributed by atoms with Crippen LogP contribution in [0.2, 0.25) is 0 Å². The fourth-order valence-corrected chi connectivity index (χ4v) is 2.38. The van der Waals surface area contributed by atoms with Gasteiger partial charge in [0.15, 0.2) is 0 Å². The van der Waals surface area contributed by atoms with Crippen LogP contribution >= 0.6 is 0 Å². The Balaban J connectivity index is 1.71. The fourth-order valence-electron chi connectivity index (χ4n) is 2.38. The molecule has 0 atom stereocenters. The van der Waals surface area contributed by atoms with Gasteiger partial charge in [0.25, 0.3) is 0 Å². The number of hydrogen-bond donors (Lipinski definition) is 1. The standard InChI is InChI=1S/C20H18N2O4/c23-20(24)10-17-9-18(25-13-15-3-1-7-21-11-15)5-6-19(17)26-14-16-4-2-8-22-12-16/h1-9,11-12H,10,13-14H2,(H,23,24). The van der Waals surface area contributed by atoms with Gasteiger partial charge >= 0.3 is 5.97 Å². The number of pyridine rings is 2. The van der Waals surface area contributed by atoms with Crippen LogP contribution < -0.4 is 9.47 Å². The minimum atomic E-state index is -0.930. The molecule has 3 rings (SSSR count). The average molecular weight is 350 g/mol. The molecule has 0 radical (unpaired) electrons. The van der Waals surface area contributed by atoms with Crippen molar-refractivity contribution in [2.75, 3.05) is 0 Å². The molecule has 26 heavy (non-hydrogen) atoms. The van der Waals surface area contributed by atoms with Crippen LogP contribution in [0.3, 0.4) is 0 Å². The molecule has 0 unspecified atom stereocenters. The Hall–Kier alpha value is -3.41. The molecule has 0 aliphatic heterocycles. The molecular formula is C20H18N2O4. The Labute approximate surface area is 151 Å². The molecule has 2 heterocycles. The summed E-state index contributed by atoms with van der Waals surface area (Å²) in [4.78, 5) is 19.2. The van der Waals surface area contributed by atoms with Crippen molar-refractivity contribution in [2.24, 2.45) is 0 Å². The number of benzene rings is 1. The monoisotopic (exact) mass is 350 g/mol. The van der Waals surface area contributed by atoms with E-state index in [-0.39, 0.29) is 6.42 Å². The SMILES string of the molecule is O=C(O)Cc1cc(OCc2cccnc2)ccc1OCc1cccnc1. The Morgan fingerprint density at radius 1 is 0.923 bits per heavy atom. The van der Waals surface area contributed by atoms with Crippen LogP contribution in [0.25, 0.3) is 0 Å². The second-order valence-corrected chi connectivity index (χ2v) is 5.64. The molecule has 0 saturated heterocycles. The summed E-state index contributed by atoms with van der Waals surface area (Å²) < 4.78 is 11.5. The smallest absolute Gasteiger partial charge is 0.307 e. The predicted octanol–water partition coefficient (Wildman–Crippen LogP) is 3.26. The minimum Gasteiger partial charge on any atom is -0.489 e. The maximum absolute atomic E-state index is 11.2. The summed E-state index contributed by atoms with van der Waals surface area (Å²) in [7, 11) is 0. The number of carboxylic acid groups (broad SMARTS) is 1. The number of carboxylic acids is 1. The van der Waals surface area contributed by atoms with Crippen LogP contribution in [-0.2, 0) is 24.4 Å². The normalized spacial score (nSPS) is 10.3. The van der Waals surface area contributed by atoms with Crippen LogP contribution in [0.1, 0.15) is 16.7 Å². The fraction of sp³-hybridized carbons (Fsp3) is 0.150. The number of hydrogen-bond acceptors (Lipinski definition) is 5. The third-order valence-electron chi connectivity index (χ3n) is 3.62. The highest BCUT2D eigenvalue weighted by Gasteiger charge is 2.11. The van der Waals surface area contributed by atoms with E-state index in [4.69, 9.17) is 14.6 Å². The van der Waals surface area contributed by atoms with Gasteiger partial charge in [-0.3, -0.25) is 14.8 Å². The number of nitrogens with zero attached hydrogens (tertiary/aromatic N) is 2. The van der Waals surface area contributed by atoms with Gasteiger partial charge in [-0.05, 0) is 30.3 Å². The zero-order valence-electron chi connectivity index (χ0n) is 14.0. The average Bonchev–Trinajstić information content (AvgIpc) is 2.67. The van der Waals surface area contributed by atoms with E-state index in [1.807, 2.05) is 24.3 Å². The second kappa shape index (κ2) is 8.62. The Morgan fingerprint density at radius 2 is 1.58 bits per heavy atom. The number of rotatable bonds is 8. The highest BCUT2D eigenvalue weighted by molar-refractivity contribution is 5.71. The number of carbonyl (C=O) groups is 1. The number of aromatic nitrogens is 2. The molecule has 1 N–H and O–H groups in total. The summed E-state index contributed by atoms with van der Waals surface area (Å²) in [5, 5.41) is 9.16. The highest BCUT2D eigenvalue weighted by atomic mass is 16.5. The first-order valence-corrected chi connectivity index (χ1v) is 8.09. The molecule has 0 aliphatic rings. The van der Waals surface area contributed by atoms with E-state index in [1.165, 1.54) is 0 Å². The van der Waals surface area contributed by atoms with Gasteiger partial charge in [-0.1, -0.05) is 12.1 Å². The summed E-state index contributed by atoms with van der Waals surface area (Å²) in [6.07, 6.45) is 6.68. The van der Waals surface area contributed by atoms with Crippen LogP contribution in [0.4, 0.5) is 0 Å². The zero-order chi connectivity index (χ0) is 18.2. The third-order valence-corrected chi connectivity index (χ3v) is 3.62. The van der Waals surface area contributed by atoms with E-state index in [0.29, 0.717) is 30.3 Å². The Morgan fingerprint density at radius 3 is 2.15 bits per heavy atom. The molecule has 2 aromatic heterocycles. The summed E-state index contributed by atoms with van der Waals surface area (Å²) in [5.41, 5.74) is 2.40. The minimum absolute atomic E-state index is 0.146. The van der Waals surface area contributed by atoms with Crippen LogP contribution in [0.15, 0.2) is 67.3 Å². The lowest BCUT2D eigenvalue weighted by Crippen LogP contribution is -2.05. The van der Waals surface area contributed by atoms with Crippen molar-refractivity contribution < 1.29 is 19.4 Å². The molecule has 0 amide bonds. The molecule has 0 aliphatic carbocycles. The third kappa shape index (κ3) is 5.04. The van der Waals surface area contributed by atoms with Crippen molar-refractivity contribution in [3.05, 3.63) is 83.9 Å². The van der Waals surface area contributed by atoms with Gasteiger partial charge < -0.3 is 14.6 Å². The van der Waals surface area contributed by atoms with E-state index >= 15 is 0 Å². The summed E-state index contributed by atoms with van der Waals surface area (Å²) in [6.45, 7) is 0.673. The van der Waals surface area contributed by atoms with Gasteiger partial charge in [-0.25, -0.2) is 0 Å². The Bertz CT molecular complexity index is 854. The molecule has 6 heteroatoms. The van der Waals surface area contributed by atoms with Crippen LogP contribution in [0, 0.1) is 0 Å². The van der Waals surface area contributed by atoms with Crippen molar-refractivity contribution in [3.63, 3.8) is 0 Å². The molecule has 6 nitrogen and oxygen atoms in total. The lowest BCUT2D eigenvalue weighted by atomic mass is 10.1. The van der Waals surface area contributed by atoms with Crippen LogP contribution in [0.5, 0.6) is 11.5 Å². The maximum Gasteiger partial charge on any atom is 0.307 e. The van der Waals surface area contributed by atoms with Gasteiger partial charge in [0.05, 0.1) is 6.42 Å². The van der Waals surface area contributed by atoms with Crippen LogP contribution in [-0.4, -0.2) is 21.0 Å². The molecule has 0 saturated carbocycles. The first-order valence-electron chi connectivity index (χ1n) is 8.09. The van der Waals surface area contributed by atoms with Crippen molar-refractivity contribution >= 4 is 5.97 Å². The lowest BCUT2D eigenvalue weighted by Gasteiger charge is -2.13. The van der Waals surface area contributed by atoms with Crippen molar-refractivity contribution in [1.29, 1.82) is 0 Å². The zero-order valence-corrected chi connectivity index (χ0v) is 14.0. The summed E-state index contributed by atoms with van der Waals surface area (Å²) >= 11 is 0. The first kappa shape index (κ1) is 17.4. The van der Waals surface area contributed by atoms with E-state index in [0.717, 1.165) is 11.1 Å². The predicted molar refractivity (Wildman–Crippen MR) is 94.9 cm³/mol. The highest BCUT2D eigenvalue weighted by Crippen LogP contribution is 2.26. The van der Waals surface area contributed by atoms with Crippen molar-refractivity contribution in [1.82, 2.24) is 9.97 Å². The van der Waals surface area contributed by atoms with Gasteiger partial charge in [0.1, 0.15) is 24.7 Å². The first-order chi connectivity index (χ1) is 12.7. The van der Waals surface area contributed by atoms with E-state index in [2.05, 4.69) is 9.97 Å². The molecular weight excluding hydrogens is 332 g/mol. The number of ether oxygens (including phenoxy) is 2. The van der Waals surface area contributed by atoms with E-state index in [1.54, 1.807) is 43.0 Å². The van der Waals surface area contributed by atoms with E-state index in [9.17, 15) is 4.79 Å². The van der Waals surface area contributed by atoms with Gasteiger partial charge in [-0.2, -0.15) is 0 Å². The Kier molecular flexibility index (Phi) is 5.77. The topological polar surface area (TPSA) is 81.5 Å². The van der Waals surface area contributed by atoms with Crippen molar-refractivity contribution in [3.8, 4) is 11.5 Å². The molecule has 132 valence electrons. The van der Waals surface area contributed by atoms with E-state index < -0.39 is 5.97 Å². The number of aliphatic carboxylic acids is 1. The molecule has 0 bridgehead atoms. The molecule has 0 fully saturated rings. The molecule has 1 aromatic carbocycles. The summed E-state index contributed by atoms with van der Waals surface area (Å²) in [5.74, 6) is 0.171.